The number of nitrogens with zero attached hydrogens (tertiary/aromatic N) is 1. The van der Waals surface area contributed by atoms with Gasteiger partial charge in [0.05, 0.1) is 9.85 Å². The lowest BCUT2D eigenvalue weighted by molar-refractivity contribution is -0.0453. The highest BCUT2D eigenvalue weighted by Crippen LogP contribution is 2.62. The van der Waals surface area contributed by atoms with Crippen molar-refractivity contribution in [3.63, 3.8) is 0 Å². The van der Waals surface area contributed by atoms with Gasteiger partial charge in [-0.3, -0.25) is 0 Å². The standard InChI is InChI=1S/C18H21NO3/c1-19-8-7-18-11-4-5-13(20)17(18)22-16-14(21-2)6-3-10(15(16)18)9-12(11)19/h3-6,11-13,17,20H,7-9H2,1-2H3/t11-,12+,13?,17?,18-/m0/s1/i3D,6D. The fourth-order valence-corrected chi connectivity index (χ4v) is 5.21. The van der Waals surface area contributed by atoms with Gasteiger partial charge in [-0.1, -0.05) is 18.2 Å². The number of methoxy groups -OCH3 is 1. The number of benzene rings is 1. The molecule has 1 saturated heterocycles. The molecule has 2 aliphatic heterocycles. The van der Waals surface area contributed by atoms with E-state index in [2.05, 4.69) is 18.0 Å². The molecule has 2 unspecified atom stereocenters. The van der Waals surface area contributed by atoms with Gasteiger partial charge in [0.25, 0.3) is 0 Å². The zero-order valence-electron chi connectivity index (χ0n) is 14.8. The first-order valence-corrected chi connectivity index (χ1v) is 7.94. The van der Waals surface area contributed by atoms with Crippen molar-refractivity contribution in [2.75, 3.05) is 20.7 Å². The minimum atomic E-state index is -0.670. The molecule has 2 aliphatic carbocycles. The van der Waals surface area contributed by atoms with Gasteiger partial charge in [0.15, 0.2) is 11.5 Å². The van der Waals surface area contributed by atoms with Crippen LogP contribution in [0, 0.1) is 5.92 Å². The Bertz CT molecular complexity index is 780. The zero-order chi connectivity index (χ0) is 16.8. The Morgan fingerprint density at radius 3 is 3.14 bits per heavy atom. The lowest BCUT2D eigenvalue weighted by atomic mass is 9.53. The third-order valence-electron chi connectivity index (χ3n) is 6.18. The number of hydrogen-bond acceptors (Lipinski definition) is 4. The first kappa shape index (κ1) is 11.1. The SMILES string of the molecule is [2H]c1c([2H])c(OC)c2c3c1C[C@@H]1[C@@H]4C=CC(O)C(O2)[C@]34CCN1C. The van der Waals surface area contributed by atoms with Gasteiger partial charge in [-0.2, -0.15) is 0 Å². The molecule has 2 heterocycles. The molecular formula is C18H21NO3. The molecule has 1 aromatic carbocycles. The summed E-state index contributed by atoms with van der Waals surface area (Å²) in [7, 11) is 3.65. The molecule has 1 spiro atoms. The van der Waals surface area contributed by atoms with E-state index in [4.69, 9.17) is 12.2 Å². The number of likely N-dealkylation sites (N-methyl/N-ethyl adjacent to an activating group) is 1. The highest BCUT2D eigenvalue weighted by molar-refractivity contribution is 5.62. The summed E-state index contributed by atoms with van der Waals surface area (Å²) in [5.74, 6) is 1.19. The first-order valence-electron chi connectivity index (χ1n) is 8.94. The first-order chi connectivity index (χ1) is 11.5. The molecule has 0 saturated carbocycles. The molecule has 4 nitrogen and oxygen atoms in total. The van der Waals surface area contributed by atoms with E-state index in [9.17, 15) is 5.11 Å². The van der Waals surface area contributed by atoms with E-state index < -0.39 is 6.10 Å². The number of hydrogen-bond donors (Lipinski definition) is 1. The van der Waals surface area contributed by atoms with Crippen LogP contribution in [0.25, 0.3) is 0 Å². The van der Waals surface area contributed by atoms with Crippen LogP contribution in [0.5, 0.6) is 11.5 Å². The summed E-state index contributed by atoms with van der Waals surface area (Å²) >= 11 is 0. The van der Waals surface area contributed by atoms with E-state index in [1.54, 1.807) is 0 Å². The van der Waals surface area contributed by atoms with Crippen LogP contribution in [0.15, 0.2) is 24.2 Å². The average molecular weight is 301 g/mol. The van der Waals surface area contributed by atoms with Gasteiger partial charge in [-0.05, 0) is 38.0 Å². The predicted octanol–water partition coefficient (Wildman–Crippen LogP) is 1.50. The second-order valence-corrected chi connectivity index (χ2v) is 6.95. The molecule has 5 rings (SSSR count). The Kier molecular flexibility index (Phi) is 2.05. The maximum Gasteiger partial charge on any atom is 0.165 e. The van der Waals surface area contributed by atoms with Gasteiger partial charge >= 0.3 is 0 Å². The third-order valence-corrected chi connectivity index (χ3v) is 6.18. The van der Waals surface area contributed by atoms with Gasteiger partial charge in [-0.25, -0.2) is 0 Å². The summed E-state index contributed by atoms with van der Waals surface area (Å²) in [6.45, 7) is 0.943. The van der Waals surface area contributed by atoms with Crippen molar-refractivity contribution in [2.24, 2.45) is 5.92 Å². The van der Waals surface area contributed by atoms with E-state index in [-0.39, 0.29) is 35.6 Å². The Morgan fingerprint density at radius 2 is 2.32 bits per heavy atom. The maximum absolute atomic E-state index is 10.6. The summed E-state index contributed by atoms with van der Waals surface area (Å²) in [4.78, 5) is 2.35. The molecule has 1 fully saturated rings. The van der Waals surface area contributed by atoms with E-state index in [1.165, 1.54) is 7.11 Å². The van der Waals surface area contributed by atoms with E-state index >= 15 is 0 Å². The van der Waals surface area contributed by atoms with Crippen molar-refractivity contribution >= 4 is 0 Å². The molecular weight excluding hydrogens is 278 g/mol. The fraction of sp³-hybridized carbons (Fsp3) is 0.556. The van der Waals surface area contributed by atoms with Crippen LogP contribution in [0.4, 0.5) is 0 Å². The van der Waals surface area contributed by atoms with Crippen LogP contribution in [0.1, 0.15) is 20.3 Å². The number of likely N-dealkylation sites (tertiary alicyclic amines) is 1. The van der Waals surface area contributed by atoms with Crippen LogP contribution in [0.3, 0.4) is 0 Å². The molecule has 2 bridgehead atoms. The summed E-state index contributed by atoms with van der Waals surface area (Å²) in [6.07, 6.45) is 4.61. The summed E-state index contributed by atoms with van der Waals surface area (Å²) in [5, 5.41) is 10.6. The largest absolute Gasteiger partial charge is 0.493 e. The van der Waals surface area contributed by atoms with Crippen LogP contribution in [0.2, 0.25) is 0 Å². The van der Waals surface area contributed by atoms with Crippen LogP contribution in [-0.4, -0.2) is 49.0 Å². The zero-order valence-corrected chi connectivity index (χ0v) is 12.8. The Balaban J connectivity index is 1.87. The molecule has 5 atom stereocenters. The van der Waals surface area contributed by atoms with Crippen molar-refractivity contribution in [3.8, 4) is 11.5 Å². The number of rotatable bonds is 1. The number of aliphatic hydroxyl groups is 1. The third kappa shape index (κ3) is 1.28. The summed E-state index contributed by atoms with van der Waals surface area (Å²) in [5.41, 5.74) is 1.64. The predicted molar refractivity (Wildman–Crippen MR) is 82.5 cm³/mol. The van der Waals surface area contributed by atoms with Gasteiger partial charge in [0.1, 0.15) is 12.2 Å². The van der Waals surface area contributed by atoms with Crippen LogP contribution >= 0.6 is 0 Å². The van der Waals surface area contributed by atoms with E-state index in [1.807, 2.05) is 6.08 Å². The molecule has 0 amide bonds. The molecule has 1 N–H and O–H groups in total. The molecule has 116 valence electrons. The minimum Gasteiger partial charge on any atom is -0.493 e. The topological polar surface area (TPSA) is 41.9 Å². The minimum absolute atomic E-state index is 0.0860. The highest BCUT2D eigenvalue weighted by Gasteiger charge is 2.64. The highest BCUT2D eigenvalue weighted by atomic mass is 16.5. The monoisotopic (exact) mass is 301 g/mol. The molecule has 0 aromatic heterocycles. The molecule has 4 heteroatoms. The molecule has 22 heavy (non-hydrogen) atoms. The fourth-order valence-electron chi connectivity index (χ4n) is 5.21. The second kappa shape index (κ2) is 4.06. The van der Waals surface area contributed by atoms with Crippen molar-refractivity contribution < 1.29 is 17.3 Å². The number of piperidine rings is 1. The quantitative estimate of drug-likeness (QED) is 0.798. The van der Waals surface area contributed by atoms with Crippen molar-refractivity contribution in [1.29, 1.82) is 0 Å². The van der Waals surface area contributed by atoms with Gasteiger partial charge in [0.2, 0.25) is 0 Å². The van der Waals surface area contributed by atoms with Gasteiger partial charge < -0.3 is 19.5 Å². The normalized spacial score (nSPS) is 42.3. The second-order valence-electron chi connectivity index (χ2n) is 6.95. The van der Waals surface area contributed by atoms with E-state index in [0.717, 1.165) is 30.5 Å². The Morgan fingerprint density at radius 1 is 1.45 bits per heavy atom. The Labute approximate surface area is 133 Å². The average Bonchev–Trinajstić information content (AvgIpc) is 2.91. The lowest BCUT2D eigenvalue weighted by Gasteiger charge is -2.56. The molecule has 4 aliphatic rings. The lowest BCUT2D eigenvalue weighted by Crippen LogP contribution is -2.64. The summed E-state index contributed by atoms with van der Waals surface area (Å²) < 4.78 is 28.5. The van der Waals surface area contributed by atoms with Crippen molar-refractivity contribution in [1.82, 2.24) is 4.90 Å². The van der Waals surface area contributed by atoms with Crippen molar-refractivity contribution in [3.05, 3.63) is 35.4 Å². The Hall–Kier alpha value is -1.52. The van der Waals surface area contributed by atoms with Gasteiger partial charge in [0, 0.05) is 22.9 Å². The summed E-state index contributed by atoms with van der Waals surface area (Å²) in [6, 6.07) is 0.615. The van der Waals surface area contributed by atoms with Crippen LogP contribution in [-0.2, 0) is 11.8 Å². The number of aliphatic hydroxyl groups excluding tert-OH is 1. The van der Waals surface area contributed by atoms with E-state index in [0.29, 0.717) is 11.5 Å². The van der Waals surface area contributed by atoms with Gasteiger partial charge in [-0.15, -0.1) is 0 Å². The molecule has 0 radical (unpaired) electrons. The van der Waals surface area contributed by atoms with Crippen LogP contribution < -0.4 is 9.47 Å². The molecule has 1 aromatic rings. The van der Waals surface area contributed by atoms with Crippen molar-refractivity contribution in [2.45, 2.75) is 36.5 Å². The maximum atomic E-state index is 10.6. The smallest absolute Gasteiger partial charge is 0.165 e. The number of ether oxygens (including phenoxy) is 2.